The van der Waals surface area contributed by atoms with Crippen LogP contribution < -0.4 is 4.90 Å². The number of hydrogen-bond acceptors (Lipinski definition) is 4. The maximum Gasteiger partial charge on any atom is 0.150 e. The second-order valence-electron chi connectivity index (χ2n) is 7.18. The molecule has 1 aromatic rings. The van der Waals surface area contributed by atoms with E-state index in [-0.39, 0.29) is 0 Å². The van der Waals surface area contributed by atoms with Gasteiger partial charge in [0.05, 0.1) is 11.5 Å². The van der Waals surface area contributed by atoms with Gasteiger partial charge >= 0.3 is 0 Å². The third-order valence-electron chi connectivity index (χ3n) is 5.37. The molecule has 128 valence electrons. The van der Waals surface area contributed by atoms with Crippen LogP contribution in [0.1, 0.15) is 25.3 Å². The molecule has 4 nitrogen and oxygen atoms in total. The van der Waals surface area contributed by atoms with Crippen molar-refractivity contribution in [2.45, 2.75) is 32.7 Å². The van der Waals surface area contributed by atoms with Gasteiger partial charge < -0.3 is 4.90 Å². The van der Waals surface area contributed by atoms with Gasteiger partial charge in [-0.15, -0.1) is 0 Å². The lowest BCUT2D eigenvalue weighted by molar-refractivity contribution is 0.179. The standard InChI is InChI=1S/C18H28N2O2S/c1-15-5-3-4-6-18(15)20-11-10-19(16(2)13-20)9-7-17-8-12-23(21,22)14-17/h3-6,16-17H,7-14H2,1-2H3/t16-,17-/m0/s1. The van der Waals surface area contributed by atoms with Crippen LogP contribution in [-0.4, -0.2) is 57.0 Å². The molecule has 2 saturated heterocycles. The van der Waals surface area contributed by atoms with Crippen LogP contribution >= 0.6 is 0 Å². The first-order chi connectivity index (χ1) is 10.9. The maximum atomic E-state index is 11.6. The zero-order valence-corrected chi connectivity index (χ0v) is 15.1. The number of piperazine rings is 1. The summed E-state index contributed by atoms with van der Waals surface area (Å²) in [6, 6.07) is 9.10. The monoisotopic (exact) mass is 336 g/mol. The Morgan fingerprint density at radius 2 is 2.00 bits per heavy atom. The van der Waals surface area contributed by atoms with Crippen LogP contribution in [0.3, 0.4) is 0 Å². The van der Waals surface area contributed by atoms with Crippen molar-refractivity contribution < 1.29 is 8.42 Å². The highest BCUT2D eigenvalue weighted by atomic mass is 32.2. The first kappa shape index (κ1) is 16.8. The second kappa shape index (κ2) is 6.81. The van der Waals surface area contributed by atoms with Gasteiger partial charge in [0.15, 0.2) is 9.84 Å². The van der Waals surface area contributed by atoms with E-state index in [0.717, 1.165) is 39.0 Å². The van der Waals surface area contributed by atoms with Gasteiger partial charge in [-0.05, 0) is 50.8 Å². The molecule has 0 bridgehead atoms. The number of nitrogens with zero attached hydrogens (tertiary/aromatic N) is 2. The van der Waals surface area contributed by atoms with Crippen LogP contribution in [0.4, 0.5) is 5.69 Å². The van der Waals surface area contributed by atoms with E-state index in [4.69, 9.17) is 0 Å². The molecule has 2 aliphatic rings. The summed E-state index contributed by atoms with van der Waals surface area (Å²) in [5, 5.41) is 0. The summed E-state index contributed by atoms with van der Waals surface area (Å²) in [5.74, 6) is 1.18. The van der Waals surface area contributed by atoms with Crippen LogP contribution in [0.5, 0.6) is 0 Å². The van der Waals surface area contributed by atoms with E-state index in [1.165, 1.54) is 11.3 Å². The van der Waals surface area contributed by atoms with Crippen molar-refractivity contribution in [1.29, 1.82) is 0 Å². The molecule has 3 rings (SSSR count). The molecule has 2 fully saturated rings. The lowest BCUT2D eigenvalue weighted by Gasteiger charge is -2.41. The predicted octanol–water partition coefficient (Wildman–Crippen LogP) is 2.33. The SMILES string of the molecule is Cc1ccccc1N1CCN(CC[C@H]2CCS(=O)(=O)C2)[C@@H](C)C1. The molecule has 0 aliphatic carbocycles. The lowest BCUT2D eigenvalue weighted by atomic mass is 10.0. The van der Waals surface area contributed by atoms with Gasteiger partial charge in [0.1, 0.15) is 0 Å². The Balaban J connectivity index is 1.52. The van der Waals surface area contributed by atoms with E-state index >= 15 is 0 Å². The zero-order chi connectivity index (χ0) is 16.4. The molecule has 0 saturated carbocycles. The number of anilines is 1. The molecule has 0 amide bonds. The summed E-state index contributed by atoms with van der Waals surface area (Å²) in [4.78, 5) is 5.01. The van der Waals surface area contributed by atoms with Gasteiger partial charge in [-0.2, -0.15) is 0 Å². The summed E-state index contributed by atoms with van der Waals surface area (Å²) in [7, 11) is -2.74. The minimum Gasteiger partial charge on any atom is -0.368 e. The molecular weight excluding hydrogens is 308 g/mol. The highest BCUT2D eigenvalue weighted by Gasteiger charge is 2.30. The number of sulfone groups is 1. The molecular formula is C18H28N2O2S. The van der Waals surface area contributed by atoms with E-state index in [1.807, 2.05) is 0 Å². The molecule has 2 atom stereocenters. The van der Waals surface area contributed by atoms with Gasteiger partial charge in [0.2, 0.25) is 0 Å². The molecule has 5 heteroatoms. The van der Waals surface area contributed by atoms with Crippen LogP contribution in [-0.2, 0) is 9.84 Å². The molecule has 0 unspecified atom stereocenters. The summed E-state index contributed by atoms with van der Waals surface area (Å²) in [6.45, 7) is 8.66. The summed E-state index contributed by atoms with van der Waals surface area (Å²) in [6.07, 6.45) is 1.88. The van der Waals surface area contributed by atoms with Gasteiger partial charge in [0, 0.05) is 31.4 Å². The molecule has 0 radical (unpaired) electrons. The van der Waals surface area contributed by atoms with Gasteiger partial charge in [-0.25, -0.2) is 8.42 Å². The fourth-order valence-corrected chi connectivity index (χ4v) is 5.82. The average Bonchev–Trinajstić information content (AvgIpc) is 2.86. The number of benzene rings is 1. The van der Waals surface area contributed by atoms with E-state index in [1.54, 1.807) is 0 Å². The van der Waals surface area contributed by atoms with Crippen molar-refractivity contribution in [1.82, 2.24) is 4.90 Å². The molecule has 0 spiro atoms. The zero-order valence-electron chi connectivity index (χ0n) is 14.2. The van der Waals surface area contributed by atoms with Crippen molar-refractivity contribution in [3.05, 3.63) is 29.8 Å². The Hall–Kier alpha value is -1.07. The number of aryl methyl sites for hydroxylation is 1. The highest BCUT2D eigenvalue weighted by molar-refractivity contribution is 7.91. The van der Waals surface area contributed by atoms with Crippen molar-refractivity contribution in [2.75, 3.05) is 42.6 Å². The Kier molecular flexibility index (Phi) is 4.97. The molecule has 2 heterocycles. The largest absolute Gasteiger partial charge is 0.368 e. The first-order valence-electron chi connectivity index (χ1n) is 8.70. The predicted molar refractivity (Wildman–Crippen MR) is 95.8 cm³/mol. The number of hydrogen-bond donors (Lipinski definition) is 0. The molecule has 23 heavy (non-hydrogen) atoms. The first-order valence-corrected chi connectivity index (χ1v) is 10.5. The summed E-state index contributed by atoms with van der Waals surface area (Å²) < 4.78 is 23.1. The minimum absolute atomic E-state index is 0.376. The second-order valence-corrected chi connectivity index (χ2v) is 9.40. The molecule has 2 aliphatic heterocycles. The van der Waals surface area contributed by atoms with E-state index in [2.05, 4.69) is 47.9 Å². The fourth-order valence-electron chi connectivity index (χ4n) is 3.91. The summed E-state index contributed by atoms with van der Waals surface area (Å²) >= 11 is 0. The number of rotatable bonds is 4. The smallest absolute Gasteiger partial charge is 0.150 e. The van der Waals surface area contributed by atoms with Crippen molar-refractivity contribution in [3.63, 3.8) is 0 Å². The Morgan fingerprint density at radius 1 is 1.22 bits per heavy atom. The third-order valence-corrected chi connectivity index (χ3v) is 7.21. The lowest BCUT2D eigenvalue weighted by Crippen LogP contribution is -2.52. The number of para-hydroxylation sites is 1. The average molecular weight is 337 g/mol. The molecule has 1 aromatic carbocycles. The van der Waals surface area contributed by atoms with Crippen LogP contribution in [0.2, 0.25) is 0 Å². The van der Waals surface area contributed by atoms with Gasteiger partial charge in [0.25, 0.3) is 0 Å². The summed E-state index contributed by atoms with van der Waals surface area (Å²) in [5.41, 5.74) is 2.69. The Morgan fingerprint density at radius 3 is 2.65 bits per heavy atom. The minimum atomic E-state index is -2.74. The van der Waals surface area contributed by atoms with E-state index < -0.39 is 9.84 Å². The van der Waals surface area contributed by atoms with Crippen LogP contribution in [0, 0.1) is 12.8 Å². The molecule has 0 N–H and O–H groups in total. The topological polar surface area (TPSA) is 40.6 Å². The van der Waals surface area contributed by atoms with Gasteiger partial charge in [-0.1, -0.05) is 18.2 Å². The van der Waals surface area contributed by atoms with Crippen molar-refractivity contribution in [2.24, 2.45) is 5.92 Å². The quantitative estimate of drug-likeness (QED) is 0.846. The van der Waals surface area contributed by atoms with Crippen LogP contribution in [0.25, 0.3) is 0 Å². The fraction of sp³-hybridized carbons (Fsp3) is 0.667. The Bertz CT molecular complexity index is 644. The van der Waals surface area contributed by atoms with Gasteiger partial charge in [-0.3, -0.25) is 4.90 Å². The van der Waals surface area contributed by atoms with Crippen LogP contribution in [0.15, 0.2) is 24.3 Å². The van der Waals surface area contributed by atoms with E-state index in [0.29, 0.717) is 23.5 Å². The van der Waals surface area contributed by atoms with E-state index in [9.17, 15) is 8.42 Å². The third kappa shape index (κ3) is 4.07. The Labute approximate surface area is 140 Å². The maximum absolute atomic E-state index is 11.6. The molecule has 0 aromatic heterocycles. The van der Waals surface area contributed by atoms with Crippen molar-refractivity contribution in [3.8, 4) is 0 Å². The highest BCUT2D eigenvalue weighted by Crippen LogP contribution is 2.25. The normalized spacial score (nSPS) is 28.2. The van der Waals surface area contributed by atoms with Crippen molar-refractivity contribution >= 4 is 15.5 Å².